The van der Waals surface area contributed by atoms with Crippen LogP contribution in [-0.2, 0) is 4.79 Å². The molecule has 0 spiro atoms. The van der Waals surface area contributed by atoms with Crippen molar-refractivity contribution in [2.45, 2.75) is 45.3 Å². The molecule has 2 N–H and O–H groups in total. The second-order valence-corrected chi connectivity index (χ2v) is 6.79. The maximum absolute atomic E-state index is 11.5. The largest absolute Gasteiger partial charge is 0.396 e. The first-order valence-electron chi connectivity index (χ1n) is 5.90. The number of carbonyl (C=O) groups is 1. The zero-order valence-electron chi connectivity index (χ0n) is 10.9. The molecule has 16 heavy (non-hydrogen) atoms. The second kappa shape index (κ2) is 7.96. The predicted molar refractivity (Wildman–Crippen MR) is 70.7 cm³/mol. The van der Waals surface area contributed by atoms with Crippen molar-refractivity contribution in [1.29, 1.82) is 0 Å². The van der Waals surface area contributed by atoms with Gasteiger partial charge in [0, 0.05) is 17.9 Å². The third-order valence-corrected chi connectivity index (χ3v) is 3.61. The Kier molecular flexibility index (Phi) is 7.85. The second-order valence-electron chi connectivity index (χ2n) is 4.99. The normalized spacial score (nSPS) is 13.6. The van der Waals surface area contributed by atoms with Gasteiger partial charge in [-0.2, -0.15) is 0 Å². The molecule has 0 aliphatic carbocycles. The van der Waals surface area contributed by atoms with Crippen LogP contribution in [0.3, 0.4) is 0 Å². The molecule has 0 heterocycles. The van der Waals surface area contributed by atoms with Gasteiger partial charge in [-0.25, -0.2) is 0 Å². The Morgan fingerprint density at radius 1 is 1.44 bits per heavy atom. The molecule has 1 amide bonds. The summed E-state index contributed by atoms with van der Waals surface area (Å²) >= 11 is 1.65. The number of carbonyl (C=O) groups excluding carboxylic acids is 1. The van der Waals surface area contributed by atoms with Crippen LogP contribution >= 0.6 is 11.8 Å². The average molecular weight is 247 g/mol. The Hall–Kier alpha value is -0.220. The minimum Gasteiger partial charge on any atom is -0.396 e. The Balaban J connectivity index is 3.71. The quantitative estimate of drug-likeness (QED) is 0.724. The first-order valence-corrected chi connectivity index (χ1v) is 6.89. The highest BCUT2D eigenvalue weighted by molar-refractivity contribution is 8.01. The highest BCUT2D eigenvalue weighted by Crippen LogP contribution is 2.22. The van der Waals surface area contributed by atoms with Crippen LogP contribution in [0.2, 0.25) is 0 Å². The van der Waals surface area contributed by atoms with E-state index in [-0.39, 0.29) is 17.3 Å². The highest BCUT2D eigenvalue weighted by Gasteiger charge is 2.14. The van der Waals surface area contributed by atoms with E-state index in [1.165, 1.54) is 0 Å². The van der Waals surface area contributed by atoms with E-state index in [9.17, 15) is 4.79 Å². The summed E-state index contributed by atoms with van der Waals surface area (Å²) < 4.78 is 0.132. The molecule has 0 bridgehead atoms. The van der Waals surface area contributed by atoms with Gasteiger partial charge in [-0.15, -0.1) is 11.8 Å². The molecule has 0 aromatic rings. The van der Waals surface area contributed by atoms with Gasteiger partial charge in [0.25, 0.3) is 0 Å². The molecule has 0 aliphatic heterocycles. The van der Waals surface area contributed by atoms with Crippen molar-refractivity contribution in [3.63, 3.8) is 0 Å². The van der Waals surface area contributed by atoms with Gasteiger partial charge in [0.2, 0.25) is 5.91 Å². The molecule has 1 unspecified atom stereocenters. The maximum Gasteiger partial charge on any atom is 0.230 e. The maximum atomic E-state index is 11.5. The molecular weight excluding hydrogens is 222 g/mol. The van der Waals surface area contributed by atoms with Crippen molar-refractivity contribution in [3.05, 3.63) is 0 Å². The van der Waals surface area contributed by atoms with E-state index in [2.05, 4.69) is 33.0 Å². The van der Waals surface area contributed by atoms with Gasteiger partial charge in [-0.05, 0) is 12.3 Å². The predicted octanol–water partition coefficient (Wildman–Crippen LogP) is 2.04. The summed E-state index contributed by atoms with van der Waals surface area (Å²) in [6.07, 6.45) is 1.76. The van der Waals surface area contributed by atoms with Gasteiger partial charge in [0.15, 0.2) is 0 Å². The van der Waals surface area contributed by atoms with Crippen LogP contribution in [0.4, 0.5) is 0 Å². The number of hydrogen-bond donors (Lipinski definition) is 2. The van der Waals surface area contributed by atoms with E-state index >= 15 is 0 Å². The molecule has 0 saturated carbocycles. The van der Waals surface area contributed by atoms with Crippen LogP contribution in [0.1, 0.15) is 40.5 Å². The summed E-state index contributed by atoms with van der Waals surface area (Å²) in [6.45, 7) is 9.27. The molecule has 0 radical (unpaired) electrons. The Bertz CT molecular complexity index is 202. The molecule has 0 rings (SSSR count). The van der Waals surface area contributed by atoms with Crippen molar-refractivity contribution < 1.29 is 9.90 Å². The lowest BCUT2D eigenvalue weighted by atomic mass is 10.0. The van der Waals surface area contributed by atoms with E-state index in [4.69, 9.17) is 5.11 Å². The van der Waals surface area contributed by atoms with Crippen LogP contribution < -0.4 is 5.32 Å². The molecule has 1 atom stereocenters. The number of nitrogens with one attached hydrogen (secondary N) is 1. The average Bonchev–Trinajstić information content (AvgIpc) is 2.20. The summed E-state index contributed by atoms with van der Waals surface area (Å²) in [4.78, 5) is 11.5. The van der Waals surface area contributed by atoms with Crippen LogP contribution in [0, 0.1) is 5.92 Å². The van der Waals surface area contributed by atoms with Crippen LogP contribution in [0.15, 0.2) is 0 Å². The SMILES string of the molecule is CCC(CCO)CNC(=O)CSC(C)(C)C. The van der Waals surface area contributed by atoms with Gasteiger partial charge in [0.05, 0.1) is 5.75 Å². The van der Waals surface area contributed by atoms with Gasteiger partial charge in [-0.3, -0.25) is 4.79 Å². The summed E-state index contributed by atoms with van der Waals surface area (Å²) in [5.41, 5.74) is 0. The lowest BCUT2D eigenvalue weighted by molar-refractivity contribution is -0.118. The van der Waals surface area contributed by atoms with Crippen LogP contribution in [0.25, 0.3) is 0 Å². The standard InChI is InChI=1S/C12H25NO2S/c1-5-10(6-7-14)8-13-11(15)9-16-12(2,3)4/h10,14H,5-9H2,1-4H3,(H,13,15). The first kappa shape index (κ1) is 15.8. The van der Waals surface area contributed by atoms with Crippen molar-refractivity contribution in [2.75, 3.05) is 18.9 Å². The van der Waals surface area contributed by atoms with Crippen molar-refractivity contribution >= 4 is 17.7 Å². The summed E-state index contributed by atoms with van der Waals surface area (Å²) in [6, 6.07) is 0. The van der Waals surface area contributed by atoms with E-state index in [1.807, 2.05) is 0 Å². The molecule has 0 fully saturated rings. The Morgan fingerprint density at radius 3 is 2.50 bits per heavy atom. The van der Waals surface area contributed by atoms with Gasteiger partial charge in [-0.1, -0.05) is 34.1 Å². The Morgan fingerprint density at radius 2 is 2.06 bits per heavy atom. The molecule has 0 saturated heterocycles. The molecule has 96 valence electrons. The van der Waals surface area contributed by atoms with E-state index in [1.54, 1.807) is 11.8 Å². The zero-order chi connectivity index (χ0) is 12.6. The lowest BCUT2D eigenvalue weighted by Crippen LogP contribution is -2.31. The molecule has 3 nitrogen and oxygen atoms in total. The van der Waals surface area contributed by atoms with E-state index in [0.29, 0.717) is 18.2 Å². The van der Waals surface area contributed by atoms with Crippen molar-refractivity contribution in [3.8, 4) is 0 Å². The van der Waals surface area contributed by atoms with Crippen LogP contribution in [-0.4, -0.2) is 34.7 Å². The lowest BCUT2D eigenvalue weighted by Gasteiger charge is -2.18. The number of hydrogen-bond acceptors (Lipinski definition) is 3. The molecule has 0 aromatic carbocycles. The molecule has 4 heteroatoms. The fourth-order valence-electron chi connectivity index (χ4n) is 1.22. The number of aliphatic hydroxyl groups is 1. The number of thioether (sulfide) groups is 1. The smallest absolute Gasteiger partial charge is 0.230 e. The Labute approximate surface area is 103 Å². The minimum atomic E-state index is 0.0938. The third kappa shape index (κ3) is 9.04. The van der Waals surface area contributed by atoms with Gasteiger partial charge >= 0.3 is 0 Å². The van der Waals surface area contributed by atoms with Crippen molar-refractivity contribution in [2.24, 2.45) is 5.92 Å². The van der Waals surface area contributed by atoms with Crippen LogP contribution in [0.5, 0.6) is 0 Å². The highest BCUT2D eigenvalue weighted by atomic mass is 32.2. The topological polar surface area (TPSA) is 49.3 Å². The monoisotopic (exact) mass is 247 g/mol. The summed E-state index contributed by atoms with van der Waals surface area (Å²) in [5, 5.41) is 11.7. The third-order valence-electron chi connectivity index (χ3n) is 2.34. The number of amides is 1. The van der Waals surface area contributed by atoms with E-state index in [0.717, 1.165) is 12.8 Å². The minimum absolute atomic E-state index is 0.0938. The zero-order valence-corrected chi connectivity index (χ0v) is 11.7. The molecular formula is C12H25NO2S. The van der Waals surface area contributed by atoms with Gasteiger partial charge < -0.3 is 10.4 Å². The number of rotatable bonds is 7. The number of aliphatic hydroxyl groups excluding tert-OH is 1. The molecule has 0 aromatic heterocycles. The summed E-state index contributed by atoms with van der Waals surface area (Å²) in [7, 11) is 0. The summed E-state index contributed by atoms with van der Waals surface area (Å²) in [5.74, 6) is 1.00. The van der Waals surface area contributed by atoms with Crippen molar-refractivity contribution in [1.82, 2.24) is 5.32 Å². The van der Waals surface area contributed by atoms with Gasteiger partial charge in [0.1, 0.15) is 0 Å². The first-order chi connectivity index (χ1) is 7.39. The fraction of sp³-hybridized carbons (Fsp3) is 0.917. The van der Waals surface area contributed by atoms with E-state index < -0.39 is 0 Å². The fourth-order valence-corrected chi connectivity index (χ4v) is 1.89. The molecule has 0 aliphatic rings.